The van der Waals surface area contributed by atoms with E-state index in [9.17, 15) is 4.79 Å². The fraction of sp³-hybridized carbons (Fsp3) is 0.800. The van der Waals surface area contributed by atoms with E-state index in [0.717, 1.165) is 0 Å². The predicted molar refractivity (Wildman–Crippen MR) is 25.0 cm³/mol. The summed E-state index contributed by atoms with van der Waals surface area (Å²) in [5.74, 6) is 0.236. The van der Waals surface area contributed by atoms with E-state index in [1.807, 2.05) is 0 Å². The number of hydrogen-bond donors (Lipinski definition) is 0. The molecular weight excluding hydrogens is 92.1 g/mol. The van der Waals surface area contributed by atoms with Crippen LogP contribution in [0.25, 0.3) is 0 Å². The molecule has 2 heteroatoms. The highest BCUT2D eigenvalue weighted by Gasteiger charge is 2.19. The van der Waals surface area contributed by atoms with Gasteiger partial charge in [-0.2, -0.15) is 0 Å². The SMILES string of the molecule is C[C@H]1OCCC1=O. The van der Waals surface area contributed by atoms with Gasteiger partial charge in [-0.25, -0.2) is 0 Å². The second-order valence-corrected chi connectivity index (χ2v) is 1.73. The maximum Gasteiger partial charge on any atom is 0.163 e. The quantitative estimate of drug-likeness (QED) is 0.439. The Morgan fingerprint density at radius 3 is 2.71 bits per heavy atom. The minimum absolute atomic E-state index is 0.125. The first kappa shape index (κ1) is 4.78. The zero-order valence-electron chi connectivity index (χ0n) is 4.31. The highest BCUT2D eigenvalue weighted by molar-refractivity contribution is 5.84. The molecule has 0 N–H and O–H groups in total. The molecule has 0 aliphatic carbocycles. The summed E-state index contributed by atoms with van der Waals surface area (Å²) in [5.41, 5.74) is 0. The largest absolute Gasteiger partial charge is 0.370 e. The van der Waals surface area contributed by atoms with Crippen LogP contribution in [-0.4, -0.2) is 18.5 Å². The number of carbonyl (C=O) groups excluding carboxylic acids is 1. The van der Waals surface area contributed by atoms with E-state index in [0.29, 0.717) is 13.0 Å². The fourth-order valence-corrected chi connectivity index (χ4v) is 0.633. The van der Waals surface area contributed by atoms with Gasteiger partial charge in [0.15, 0.2) is 5.78 Å². The molecule has 0 unspecified atom stereocenters. The first-order valence-electron chi connectivity index (χ1n) is 2.45. The molecule has 0 amide bonds. The van der Waals surface area contributed by atoms with Gasteiger partial charge in [0, 0.05) is 6.42 Å². The molecular formula is C5H8O2. The number of carbonyl (C=O) groups is 1. The van der Waals surface area contributed by atoms with Crippen LogP contribution in [0.15, 0.2) is 0 Å². The Morgan fingerprint density at radius 1 is 1.86 bits per heavy atom. The number of hydrogen-bond acceptors (Lipinski definition) is 2. The van der Waals surface area contributed by atoms with Gasteiger partial charge in [0.25, 0.3) is 0 Å². The van der Waals surface area contributed by atoms with Gasteiger partial charge in [-0.3, -0.25) is 4.79 Å². The zero-order chi connectivity index (χ0) is 5.28. The Kier molecular flexibility index (Phi) is 1.11. The van der Waals surface area contributed by atoms with Crippen molar-refractivity contribution in [1.82, 2.24) is 0 Å². The summed E-state index contributed by atoms with van der Waals surface area (Å²) in [4.78, 5) is 10.4. The molecule has 2 nitrogen and oxygen atoms in total. The van der Waals surface area contributed by atoms with Crippen LogP contribution < -0.4 is 0 Å². The fourth-order valence-electron chi connectivity index (χ4n) is 0.633. The van der Waals surface area contributed by atoms with Crippen LogP contribution >= 0.6 is 0 Å². The average molecular weight is 100 g/mol. The summed E-state index contributed by atoms with van der Waals surface area (Å²) in [6, 6.07) is 0. The maximum absolute atomic E-state index is 10.4. The molecule has 1 aliphatic heterocycles. The van der Waals surface area contributed by atoms with E-state index in [1.54, 1.807) is 6.92 Å². The molecule has 0 radical (unpaired) electrons. The van der Waals surface area contributed by atoms with Crippen molar-refractivity contribution in [3.8, 4) is 0 Å². The minimum Gasteiger partial charge on any atom is -0.370 e. The molecule has 0 saturated carbocycles. The second-order valence-electron chi connectivity index (χ2n) is 1.73. The third kappa shape index (κ3) is 0.800. The summed E-state index contributed by atoms with van der Waals surface area (Å²) in [7, 11) is 0. The van der Waals surface area contributed by atoms with Crippen molar-refractivity contribution >= 4 is 5.78 Å². The number of Topliss-reactive ketones (excluding diaryl/α,β-unsaturated/α-hetero) is 1. The predicted octanol–water partition coefficient (Wildman–Crippen LogP) is 0.364. The van der Waals surface area contributed by atoms with E-state index < -0.39 is 0 Å². The second kappa shape index (κ2) is 1.62. The number of ketones is 1. The van der Waals surface area contributed by atoms with Crippen molar-refractivity contribution in [3.05, 3.63) is 0 Å². The third-order valence-corrected chi connectivity index (χ3v) is 1.17. The monoisotopic (exact) mass is 100 g/mol. The van der Waals surface area contributed by atoms with Crippen LogP contribution in [0.3, 0.4) is 0 Å². The van der Waals surface area contributed by atoms with Crippen LogP contribution in [0.1, 0.15) is 13.3 Å². The minimum atomic E-state index is -0.125. The van der Waals surface area contributed by atoms with Gasteiger partial charge in [0.05, 0.1) is 6.61 Å². The summed E-state index contributed by atoms with van der Waals surface area (Å²) >= 11 is 0. The van der Waals surface area contributed by atoms with E-state index in [-0.39, 0.29) is 11.9 Å². The molecule has 1 rings (SSSR count). The topological polar surface area (TPSA) is 26.3 Å². The summed E-state index contributed by atoms with van der Waals surface area (Å²) in [5, 5.41) is 0. The molecule has 0 spiro atoms. The molecule has 0 aromatic rings. The summed E-state index contributed by atoms with van der Waals surface area (Å²) < 4.78 is 4.92. The van der Waals surface area contributed by atoms with Gasteiger partial charge in [-0.05, 0) is 6.92 Å². The van der Waals surface area contributed by atoms with E-state index in [2.05, 4.69) is 0 Å². The van der Waals surface area contributed by atoms with Crippen molar-refractivity contribution in [3.63, 3.8) is 0 Å². The van der Waals surface area contributed by atoms with Gasteiger partial charge in [0.2, 0.25) is 0 Å². The first-order valence-corrected chi connectivity index (χ1v) is 2.45. The molecule has 1 aliphatic rings. The van der Waals surface area contributed by atoms with Crippen molar-refractivity contribution in [1.29, 1.82) is 0 Å². The lowest BCUT2D eigenvalue weighted by molar-refractivity contribution is -0.121. The van der Waals surface area contributed by atoms with Gasteiger partial charge in [-0.1, -0.05) is 0 Å². The molecule has 0 bridgehead atoms. The molecule has 40 valence electrons. The maximum atomic E-state index is 10.4. The molecule has 1 atom stereocenters. The van der Waals surface area contributed by atoms with Crippen molar-refractivity contribution in [2.45, 2.75) is 19.4 Å². The van der Waals surface area contributed by atoms with Crippen LogP contribution in [0.5, 0.6) is 0 Å². The van der Waals surface area contributed by atoms with Gasteiger partial charge < -0.3 is 4.74 Å². The Morgan fingerprint density at radius 2 is 2.57 bits per heavy atom. The van der Waals surface area contributed by atoms with E-state index in [1.165, 1.54) is 0 Å². The highest BCUT2D eigenvalue weighted by atomic mass is 16.5. The summed E-state index contributed by atoms with van der Waals surface area (Å²) in [6.45, 7) is 2.41. The van der Waals surface area contributed by atoms with Gasteiger partial charge in [0.1, 0.15) is 6.10 Å². The molecule has 1 saturated heterocycles. The molecule has 7 heavy (non-hydrogen) atoms. The third-order valence-electron chi connectivity index (χ3n) is 1.17. The van der Waals surface area contributed by atoms with Crippen LogP contribution in [-0.2, 0) is 9.53 Å². The standard InChI is InChI=1S/C5H8O2/c1-4-5(6)2-3-7-4/h4H,2-3H2,1H3/t4-/m1/s1. The first-order chi connectivity index (χ1) is 3.30. The van der Waals surface area contributed by atoms with Crippen LogP contribution in [0.2, 0.25) is 0 Å². The van der Waals surface area contributed by atoms with Crippen molar-refractivity contribution in [2.24, 2.45) is 0 Å². The van der Waals surface area contributed by atoms with Crippen LogP contribution in [0.4, 0.5) is 0 Å². The van der Waals surface area contributed by atoms with Gasteiger partial charge in [-0.15, -0.1) is 0 Å². The van der Waals surface area contributed by atoms with Crippen LogP contribution in [0, 0.1) is 0 Å². The van der Waals surface area contributed by atoms with Gasteiger partial charge >= 0.3 is 0 Å². The Bertz CT molecular complexity index is 88.1. The smallest absolute Gasteiger partial charge is 0.163 e. The lowest BCUT2D eigenvalue weighted by atomic mass is 10.2. The normalized spacial score (nSPS) is 31.6. The zero-order valence-corrected chi connectivity index (χ0v) is 4.31. The van der Waals surface area contributed by atoms with Crippen molar-refractivity contribution in [2.75, 3.05) is 6.61 Å². The molecule has 1 heterocycles. The Balaban J connectivity index is 2.48. The number of ether oxygens (including phenoxy) is 1. The molecule has 0 aromatic carbocycles. The Labute approximate surface area is 42.5 Å². The van der Waals surface area contributed by atoms with E-state index >= 15 is 0 Å². The van der Waals surface area contributed by atoms with E-state index in [4.69, 9.17) is 4.74 Å². The lowest BCUT2D eigenvalue weighted by Gasteiger charge is -1.93. The Hall–Kier alpha value is -0.370. The average Bonchev–Trinajstić information content (AvgIpc) is 1.91. The number of rotatable bonds is 0. The summed E-state index contributed by atoms with van der Waals surface area (Å²) in [6.07, 6.45) is 0.487. The lowest BCUT2D eigenvalue weighted by Crippen LogP contribution is -2.08. The molecule has 1 fully saturated rings. The molecule has 0 aromatic heterocycles. The highest BCUT2D eigenvalue weighted by Crippen LogP contribution is 2.05. The van der Waals surface area contributed by atoms with Crippen molar-refractivity contribution < 1.29 is 9.53 Å².